The number of nitrogens with zero attached hydrogens (tertiary/aromatic N) is 2. The van der Waals surface area contributed by atoms with Gasteiger partial charge in [-0.05, 0) is 12.1 Å². The molecule has 2 rings (SSSR count). The first kappa shape index (κ1) is 12.3. The Hall–Kier alpha value is -2.21. The lowest BCUT2D eigenvalue weighted by atomic mass is 9.87. The van der Waals surface area contributed by atoms with Crippen LogP contribution in [0.3, 0.4) is 0 Å². The van der Waals surface area contributed by atoms with Crippen molar-refractivity contribution in [1.82, 2.24) is 0 Å². The van der Waals surface area contributed by atoms with Crippen molar-refractivity contribution in [3.63, 3.8) is 0 Å². The predicted molar refractivity (Wildman–Crippen MR) is 68.5 cm³/mol. The van der Waals surface area contributed by atoms with Gasteiger partial charge in [-0.15, -0.1) is 0 Å². The van der Waals surface area contributed by atoms with Crippen LogP contribution in [0.5, 0.6) is 0 Å². The summed E-state index contributed by atoms with van der Waals surface area (Å²) in [7, 11) is 0. The Morgan fingerprint density at radius 1 is 1.50 bits per heavy atom. The number of aliphatic hydroxyl groups excluding tert-OH is 1. The average Bonchev–Trinajstić information content (AvgIpc) is 2.78. The summed E-state index contributed by atoms with van der Waals surface area (Å²) in [5, 5.41) is 19.8. The second-order valence-electron chi connectivity index (χ2n) is 4.06. The van der Waals surface area contributed by atoms with Crippen LogP contribution in [0.2, 0.25) is 0 Å². The van der Waals surface area contributed by atoms with Crippen LogP contribution in [0, 0.1) is 10.1 Å². The molecule has 94 valence electrons. The molecule has 1 aromatic carbocycles. The van der Waals surface area contributed by atoms with E-state index >= 15 is 0 Å². The first-order valence-corrected chi connectivity index (χ1v) is 5.47. The molecule has 1 unspecified atom stereocenters. The molecule has 0 aromatic heterocycles. The molecule has 1 heterocycles. The Morgan fingerprint density at radius 2 is 2.28 bits per heavy atom. The number of aliphatic imine (C=N–C) groups is 1. The van der Waals surface area contributed by atoms with Crippen LogP contribution in [0.1, 0.15) is 12.0 Å². The van der Waals surface area contributed by atoms with Gasteiger partial charge in [0.15, 0.2) is 0 Å². The molecule has 0 bridgehead atoms. The number of nitro benzene ring substituents is 1. The van der Waals surface area contributed by atoms with Gasteiger partial charge in [0.05, 0.1) is 4.92 Å². The molecule has 18 heavy (non-hydrogen) atoms. The molecule has 1 aliphatic rings. The van der Waals surface area contributed by atoms with Gasteiger partial charge in [-0.1, -0.05) is 6.08 Å². The summed E-state index contributed by atoms with van der Waals surface area (Å²) in [6, 6.07) is 4.30. The molecular weight excluding hydrogens is 234 g/mol. The maximum Gasteiger partial charge on any atom is 0.271 e. The van der Waals surface area contributed by atoms with E-state index < -0.39 is 10.5 Å². The minimum absolute atomic E-state index is 0.0435. The van der Waals surface area contributed by atoms with Crippen molar-refractivity contribution in [1.29, 1.82) is 0 Å². The van der Waals surface area contributed by atoms with Crippen molar-refractivity contribution >= 4 is 17.6 Å². The van der Waals surface area contributed by atoms with Crippen LogP contribution in [-0.4, -0.2) is 22.9 Å². The highest BCUT2D eigenvalue weighted by atomic mass is 16.6. The normalized spacial score (nSPS) is 21.4. The number of hydrogen-bond acceptors (Lipinski definition) is 5. The topological polar surface area (TPSA) is 102 Å². The van der Waals surface area contributed by atoms with E-state index in [0.717, 1.165) is 0 Å². The highest BCUT2D eigenvalue weighted by Crippen LogP contribution is 2.38. The lowest BCUT2D eigenvalue weighted by Gasteiger charge is -2.25. The molecule has 0 aliphatic carbocycles. The fraction of sp³-hybridized carbons (Fsp3) is 0.250. The number of aliphatic hydroxyl groups is 1. The third kappa shape index (κ3) is 1.98. The third-order valence-electron chi connectivity index (χ3n) is 2.97. The van der Waals surface area contributed by atoms with Gasteiger partial charge >= 0.3 is 0 Å². The molecule has 0 spiro atoms. The fourth-order valence-electron chi connectivity index (χ4n) is 2.09. The number of non-ortho nitro benzene ring substituents is 1. The standard InChI is InChI=1S/C12H13N3O3/c13-11-8-9(15(17)18)2-3-10(11)12(5-7-16)4-1-6-14-12/h1-4,6,8,16H,5,7,13H2. The van der Waals surface area contributed by atoms with Crippen LogP contribution in [0.25, 0.3) is 0 Å². The molecule has 6 heteroatoms. The van der Waals surface area contributed by atoms with Gasteiger partial charge in [0.2, 0.25) is 0 Å². The Balaban J connectivity index is 2.47. The average molecular weight is 247 g/mol. The third-order valence-corrected chi connectivity index (χ3v) is 2.97. The Kier molecular flexibility index (Phi) is 3.12. The fourth-order valence-corrected chi connectivity index (χ4v) is 2.09. The summed E-state index contributed by atoms with van der Waals surface area (Å²) in [5.74, 6) is 0. The van der Waals surface area contributed by atoms with Crippen LogP contribution in [0.15, 0.2) is 35.3 Å². The molecule has 3 N–H and O–H groups in total. The summed E-state index contributed by atoms with van der Waals surface area (Å²) in [4.78, 5) is 14.5. The number of nitrogen functional groups attached to an aromatic ring is 1. The van der Waals surface area contributed by atoms with Gasteiger partial charge in [-0.2, -0.15) is 0 Å². The van der Waals surface area contributed by atoms with E-state index in [0.29, 0.717) is 17.7 Å². The van der Waals surface area contributed by atoms with E-state index in [1.165, 1.54) is 12.1 Å². The smallest absolute Gasteiger partial charge is 0.271 e. The van der Waals surface area contributed by atoms with E-state index in [-0.39, 0.29) is 12.3 Å². The maximum absolute atomic E-state index is 10.7. The lowest BCUT2D eigenvalue weighted by Crippen LogP contribution is -2.22. The van der Waals surface area contributed by atoms with E-state index in [9.17, 15) is 10.1 Å². The van der Waals surface area contributed by atoms with Crippen LogP contribution < -0.4 is 5.73 Å². The quantitative estimate of drug-likeness (QED) is 0.477. The molecule has 6 nitrogen and oxygen atoms in total. The number of nitrogens with two attached hydrogens (primary N) is 1. The highest BCUT2D eigenvalue weighted by molar-refractivity contribution is 5.77. The van der Waals surface area contributed by atoms with E-state index in [1.54, 1.807) is 18.4 Å². The van der Waals surface area contributed by atoms with Crippen molar-refractivity contribution < 1.29 is 10.0 Å². The first-order valence-electron chi connectivity index (χ1n) is 5.47. The second kappa shape index (κ2) is 4.58. The monoisotopic (exact) mass is 247 g/mol. The largest absolute Gasteiger partial charge is 0.398 e. The molecule has 0 saturated heterocycles. The molecule has 0 radical (unpaired) electrons. The second-order valence-corrected chi connectivity index (χ2v) is 4.06. The SMILES string of the molecule is Nc1cc([N+](=O)[O-])ccc1C1(CCO)C=CC=N1. The van der Waals surface area contributed by atoms with Gasteiger partial charge in [-0.3, -0.25) is 15.1 Å². The molecular formula is C12H13N3O3. The van der Waals surface area contributed by atoms with E-state index in [1.807, 2.05) is 6.08 Å². The number of benzene rings is 1. The van der Waals surface area contributed by atoms with E-state index in [2.05, 4.69) is 4.99 Å². The van der Waals surface area contributed by atoms with Gasteiger partial charge in [0.1, 0.15) is 5.54 Å². The summed E-state index contributed by atoms with van der Waals surface area (Å²) >= 11 is 0. The Bertz CT molecular complexity index is 525. The zero-order chi connectivity index (χ0) is 13.2. The maximum atomic E-state index is 10.7. The Labute approximate surface area is 104 Å². The van der Waals surface area contributed by atoms with Crippen LogP contribution in [-0.2, 0) is 5.54 Å². The lowest BCUT2D eigenvalue weighted by molar-refractivity contribution is -0.384. The number of anilines is 1. The van der Waals surface area contributed by atoms with Gasteiger partial charge < -0.3 is 10.8 Å². The van der Waals surface area contributed by atoms with Crippen molar-refractivity contribution in [3.8, 4) is 0 Å². The van der Waals surface area contributed by atoms with Gasteiger partial charge in [0, 0.05) is 42.6 Å². The minimum Gasteiger partial charge on any atom is -0.398 e. The van der Waals surface area contributed by atoms with Crippen molar-refractivity contribution in [3.05, 3.63) is 46.0 Å². The van der Waals surface area contributed by atoms with Crippen molar-refractivity contribution in [2.45, 2.75) is 12.0 Å². The number of hydrogen-bond donors (Lipinski definition) is 2. The van der Waals surface area contributed by atoms with Crippen LogP contribution >= 0.6 is 0 Å². The first-order chi connectivity index (χ1) is 8.59. The number of nitro groups is 1. The Morgan fingerprint density at radius 3 is 2.78 bits per heavy atom. The number of allylic oxidation sites excluding steroid dienone is 1. The summed E-state index contributed by atoms with van der Waals surface area (Å²) in [6.45, 7) is -0.0435. The zero-order valence-corrected chi connectivity index (χ0v) is 9.61. The minimum atomic E-state index is -0.700. The summed E-state index contributed by atoms with van der Waals surface area (Å²) in [5.41, 5.74) is 6.09. The molecule has 0 fully saturated rings. The number of rotatable bonds is 4. The molecule has 1 aromatic rings. The van der Waals surface area contributed by atoms with Gasteiger partial charge in [-0.25, -0.2) is 0 Å². The highest BCUT2D eigenvalue weighted by Gasteiger charge is 2.32. The molecule has 1 atom stereocenters. The summed E-state index contributed by atoms with van der Waals surface area (Å²) in [6.07, 6.45) is 5.63. The van der Waals surface area contributed by atoms with Gasteiger partial charge in [0.25, 0.3) is 5.69 Å². The summed E-state index contributed by atoms with van der Waals surface area (Å²) < 4.78 is 0. The molecule has 1 aliphatic heterocycles. The van der Waals surface area contributed by atoms with Crippen molar-refractivity contribution in [2.24, 2.45) is 4.99 Å². The molecule has 0 saturated carbocycles. The van der Waals surface area contributed by atoms with E-state index in [4.69, 9.17) is 10.8 Å². The predicted octanol–water partition coefficient (Wildman–Crippen LogP) is 1.40. The molecule has 0 amide bonds. The zero-order valence-electron chi connectivity index (χ0n) is 9.61. The van der Waals surface area contributed by atoms with Crippen LogP contribution in [0.4, 0.5) is 11.4 Å². The van der Waals surface area contributed by atoms with Crippen molar-refractivity contribution in [2.75, 3.05) is 12.3 Å².